The summed E-state index contributed by atoms with van der Waals surface area (Å²) < 4.78 is 27.1. The predicted octanol–water partition coefficient (Wildman–Crippen LogP) is 2.54. The summed E-state index contributed by atoms with van der Waals surface area (Å²) in [6.07, 6.45) is 0.436. The van der Waals surface area contributed by atoms with E-state index >= 15 is 0 Å². The fourth-order valence-corrected chi connectivity index (χ4v) is 4.70. The minimum atomic E-state index is -3.63. The van der Waals surface area contributed by atoms with Crippen LogP contribution in [-0.2, 0) is 14.8 Å². The van der Waals surface area contributed by atoms with Gasteiger partial charge in [-0.1, -0.05) is 13.8 Å². The van der Waals surface area contributed by atoms with Crippen molar-refractivity contribution in [1.29, 1.82) is 0 Å². The number of nitrogens with one attached hydrogen (secondary N) is 1. The first-order valence-electron chi connectivity index (χ1n) is 5.70. The smallest absolute Gasteiger partial charge is 0.307 e. The minimum Gasteiger partial charge on any atom is -0.481 e. The van der Waals surface area contributed by atoms with Crippen molar-refractivity contribution >= 4 is 43.3 Å². The van der Waals surface area contributed by atoms with Gasteiger partial charge in [0.25, 0.3) is 0 Å². The van der Waals surface area contributed by atoms with Crippen LogP contribution in [0.3, 0.4) is 0 Å². The van der Waals surface area contributed by atoms with Crippen molar-refractivity contribution in [3.05, 3.63) is 15.9 Å². The van der Waals surface area contributed by atoms with Crippen LogP contribution in [0, 0.1) is 11.8 Å². The van der Waals surface area contributed by atoms with Gasteiger partial charge in [-0.15, -0.1) is 11.3 Å². The van der Waals surface area contributed by atoms with Crippen LogP contribution in [0.2, 0.25) is 0 Å². The molecule has 1 aromatic rings. The molecule has 0 amide bonds. The van der Waals surface area contributed by atoms with Crippen LogP contribution in [0.4, 0.5) is 0 Å². The molecule has 1 aromatic heterocycles. The molecule has 8 heteroatoms. The fourth-order valence-electron chi connectivity index (χ4n) is 1.56. The number of carboxylic acid groups (broad SMARTS) is 1. The molecule has 19 heavy (non-hydrogen) atoms. The zero-order valence-corrected chi connectivity index (χ0v) is 13.8. The molecule has 1 heterocycles. The fraction of sp³-hybridized carbons (Fsp3) is 0.545. The number of sulfonamides is 1. The number of hydrogen-bond acceptors (Lipinski definition) is 4. The topological polar surface area (TPSA) is 83.5 Å². The van der Waals surface area contributed by atoms with E-state index < -0.39 is 21.9 Å². The number of carboxylic acids is 1. The summed E-state index contributed by atoms with van der Waals surface area (Å²) in [5.74, 6) is -1.50. The molecule has 0 aromatic carbocycles. The molecular weight excluding hydrogens is 354 g/mol. The molecule has 0 aliphatic heterocycles. The molecule has 0 fully saturated rings. The van der Waals surface area contributed by atoms with Gasteiger partial charge >= 0.3 is 5.97 Å². The van der Waals surface area contributed by atoms with Gasteiger partial charge < -0.3 is 5.11 Å². The van der Waals surface area contributed by atoms with E-state index in [2.05, 4.69) is 20.7 Å². The van der Waals surface area contributed by atoms with Crippen molar-refractivity contribution in [2.45, 2.75) is 24.5 Å². The van der Waals surface area contributed by atoms with Crippen LogP contribution >= 0.6 is 27.3 Å². The maximum absolute atomic E-state index is 11.9. The van der Waals surface area contributed by atoms with Crippen molar-refractivity contribution in [3.8, 4) is 0 Å². The number of rotatable bonds is 7. The first-order valence-corrected chi connectivity index (χ1v) is 8.79. The summed E-state index contributed by atoms with van der Waals surface area (Å²) >= 11 is 4.28. The lowest BCUT2D eigenvalue weighted by Crippen LogP contribution is -2.33. The molecule has 0 aliphatic rings. The zero-order chi connectivity index (χ0) is 14.6. The second-order valence-electron chi connectivity index (χ2n) is 4.58. The Kier molecular flexibility index (Phi) is 5.97. The first kappa shape index (κ1) is 16.6. The zero-order valence-electron chi connectivity index (χ0n) is 10.6. The highest BCUT2D eigenvalue weighted by Crippen LogP contribution is 2.26. The van der Waals surface area contributed by atoms with Crippen molar-refractivity contribution in [2.24, 2.45) is 11.8 Å². The second-order valence-corrected chi connectivity index (χ2v) is 9.03. The van der Waals surface area contributed by atoms with E-state index in [0.29, 0.717) is 10.2 Å². The van der Waals surface area contributed by atoms with Crippen molar-refractivity contribution in [3.63, 3.8) is 0 Å². The maximum atomic E-state index is 11.9. The van der Waals surface area contributed by atoms with E-state index in [-0.39, 0.29) is 16.7 Å². The molecule has 5 nitrogen and oxygen atoms in total. The summed E-state index contributed by atoms with van der Waals surface area (Å²) in [6.45, 7) is 3.72. The maximum Gasteiger partial charge on any atom is 0.307 e. The van der Waals surface area contributed by atoms with Crippen LogP contribution in [0.15, 0.2) is 20.1 Å². The SMILES string of the molecule is CC(C)CC(CNS(=O)(=O)c1ccc(Br)s1)C(=O)O. The molecule has 0 aliphatic carbocycles. The molecular formula is C11H16BrNO4S2. The van der Waals surface area contributed by atoms with E-state index in [4.69, 9.17) is 5.11 Å². The van der Waals surface area contributed by atoms with Crippen LogP contribution in [0.25, 0.3) is 0 Å². The monoisotopic (exact) mass is 369 g/mol. The molecule has 0 bridgehead atoms. The molecule has 2 N–H and O–H groups in total. The van der Waals surface area contributed by atoms with E-state index in [9.17, 15) is 13.2 Å². The Morgan fingerprint density at radius 3 is 2.53 bits per heavy atom. The van der Waals surface area contributed by atoms with Gasteiger partial charge in [-0.3, -0.25) is 4.79 Å². The summed E-state index contributed by atoms with van der Waals surface area (Å²) in [7, 11) is -3.63. The molecule has 1 rings (SSSR count). The highest BCUT2D eigenvalue weighted by atomic mass is 79.9. The summed E-state index contributed by atoms with van der Waals surface area (Å²) in [4.78, 5) is 11.1. The van der Waals surface area contributed by atoms with E-state index in [1.165, 1.54) is 6.07 Å². The van der Waals surface area contributed by atoms with Crippen LogP contribution in [0.5, 0.6) is 0 Å². The van der Waals surface area contributed by atoms with Gasteiger partial charge in [-0.05, 0) is 40.4 Å². The van der Waals surface area contributed by atoms with Gasteiger partial charge in [0.05, 0.1) is 9.70 Å². The largest absolute Gasteiger partial charge is 0.481 e. The average Bonchev–Trinajstić information content (AvgIpc) is 2.71. The second kappa shape index (κ2) is 6.83. The quantitative estimate of drug-likeness (QED) is 0.773. The third-order valence-corrected chi connectivity index (χ3v) is 5.98. The van der Waals surface area contributed by atoms with Gasteiger partial charge in [-0.25, -0.2) is 13.1 Å². The summed E-state index contributed by atoms with van der Waals surface area (Å²) in [6, 6.07) is 3.12. The molecule has 0 radical (unpaired) electrons. The van der Waals surface area contributed by atoms with Crippen LogP contribution < -0.4 is 4.72 Å². The third kappa shape index (κ3) is 5.21. The Bertz CT molecular complexity index is 539. The normalized spacial score (nSPS) is 13.7. The van der Waals surface area contributed by atoms with Gasteiger partial charge in [-0.2, -0.15) is 0 Å². The Balaban J connectivity index is 2.71. The lowest BCUT2D eigenvalue weighted by atomic mass is 9.98. The first-order chi connectivity index (χ1) is 8.72. The van der Waals surface area contributed by atoms with Gasteiger partial charge in [0.2, 0.25) is 10.0 Å². The van der Waals surface area contributed by atoms with Crippen molar-refractivity contribution < 1.29 is 18.3 Å². The highest BCUT2D eigenvalue weighted by Gasteiger charge is 2.23. The Morgan fingerprint density at radius 1 is 1.47 bits per heavy atom. The molecule has 0 saturated heterocycles. The standard InChI is InChI=1S/C11H16BrNO4S2/c1-7(2)5-8(11(14)15)6-13-19(16,17)10-4-3-9(12)18-10/h3-4,7-8,13H,5-6H2,1-2H3,(H,14,15). The Hall–Kier alpha value is -0.440. The van der Waals surface area contributed by atoms with E-state index in [0.717, 1.165) is 11.3 Å². The number of hydrogen-bond donors (Lipinski definition) is 2. The molecule has 1 unspecified atom stereocenters. The number of carbonyl (C=O) groups is 1. The molecule has 1 atom stereocenters. The lowest BCUT2D eigenvalue weighted by Gasteiger charge is -2.15. The average molecular weight is 370 g/mol. The molecule has 108 valence electrons. The van der Waals surface area contributed by atoms with Gasteiger partial charge in [0.1, 0.15) is 4.21 Å². The van der Waals surface area contributed by atoms with Crippen molar-refractivity contribution in [1.82, 2.24) is 4.72 Å². The Labute approximate surface area is 125 Å². The highest BCUT2D eigenvalue weighted by molar-refractivity contribution is 9.11. The number of thiophene rings is 1. The Morgan fingerprint density at radius 2 is 2.11 bits per heavy atom. The van der Waals surface area contributed by atoms with E-state index in [1.807, 2.05) is 13.8 Å². The number of aliphatic carboxylic acids is 1. The third-order valence-electron chi connectivity index (χ3n) is 2.44. The predicted molar refractivity (Wildman–Crippen MR) is 77.8 cm³/mol. The summed E-state index contributed by atoms with van der Waals surface area (Å²) in [5.41, 5.74) is 0. The number of halogens is 1. The summed E-state index contributed by atoms with van der Waals surface area (Å²) in [5, 5.41) is 9.05. The van der Waals surface area contributed by atoms with Crippen LogP contribution in [-0.4, -0.2) is 26.0 Å². The van der Waals surface area contributed by atoms with Crippen molar-refractivity contribution in [2.75, 3.05) is 6.54 Å². The van der Waals surface area contributed by atoms with Gasteiger partial charge in [0, 0.05) is 6.54 Å². The molecule has 0 saturated carbocycles. The molecule has 0 spiro atoms. The van der Waals surface area contributed by atoms with E-state index in [1.54, 1.807) is 6.07 Å². The van der Waals surface area contributed by atoms with Crippen LogP contribution in [0.1, 0.15) is 20.3 Å². The lowest BCUT2D eigenvalue weighted by molar-refractivity contribution is -0.142. The minimum absolute atomic E-state index is 0.0919. The van der Waals surface area contributed by atoms with Gasteiger partial charge in [0.15, 0.2) is 0 Å².